The first-order valence-corrected chi connectivity index (χ1v) is 11.8. The minimum absolute atomic E-state index is 0.0183. The highest BCUT2D eigenvalue weighted by Gasteiger charge is 2.53. The van der Waals surface area contributed by atoms with E-state index >= 15 is 0 Å². The van der Waals surface area contributed by atoms with Crippen molar-refractivity contribution in [2.45, 2.75) is 58.4 Å². The topological polar surface area (TPSA) is 159 Å². The highest BCUT2D eigenvalue weighted by Crippen LogP contribution is 2.41. The van der Waals surface area contributed by atoms with E-state index in [0.29, 0.717) is 5.56 Å². The van der Waals surface area contributed by atoms with E-state index < -0.39 is 66.4 Å². The molecule has 0 aromatic heterocycles. The van der Waals surface area contributed by atoms with Crippen LogP contribution in [0.3, 0.4) is 0 Å². The molecule has 5 atom stereocenters. The van der Waals surface area contributed by atoms with Crippen LogP contribution in [0.1, 0.15) is 33.3 Å². The number of allylic oxidation sites excluding steroid dienone is 1. The Morgan fingerprint density at radius 2 is 1.33 bits per heavy atom. The quantitative estimate of drug-likeness (QED) is 0.164. The van der Waals surface area contributed by atoms with Crippen LogP contribution in [-0.2, 0) is 47.7 Å². The van der Waals surface area contributed by atoms with Gasteiger partial charge in [-0.1, -0.05) is 0 Å². The first-order valence-electron chi connectivity index (χ1n) is 11.5. The van der Waals surface area contributed by atoms with Crippen LogP contribution in [-0.4, -0.2) is 80.7 Å². The Balaban J connectivity index is 2.62. The third-order valence-corrected chi connectivity index (χ3v) is 5.20. The highest BCUT2D eigenvalue weighted by molar-refractivity contribution is 6.66. The molecule has 1 aliphatic rings. The molecule has 0 unspecified atom stereocenters. The SMILES string of the molecule is COc1cc(C=CC(=O)Cl)cc(OC)c1O[C@H]1O[C@H](COC(C)=O)[C@@H](OC(C)=O)[C@H](OC(C)=O)[C@@H]1OC(C)=O. The van der Waals surface area contributed by atoms with E-state index in [-0.39, 0.29) is 17.2 Å². The molecule has 2 rings (SSSR count). The zero-order valence-electron chi connectivity index (χ0n) is 22.1. The lowest BCUT2D eigenvalue weighted by Gasteiger charge is -2.44. The largest absolute Gasteiger partial charge is 0.493 e. The Morgan fingerprint density at radius 3 is 1.79 bits per heavy atom. The van der Waals surface area contributed by atoms with Crippen molar-refractivity contribution in [1.29, 1.82) is 0 Å². The van der Waals surface area contributed by atoms with Gasteiger partial charge in [0, 0.05) is 27.7 Å². The molecule has 1 aliphatic heterocycles. The zero-order valence-corrected chi connectivity index (χ0v) is 22.8. The van der Waals surface area contributed by atoms with E-state index in [2.05, 4.69) is 0 Å². The number of halogens is 1. The number of benzene rings is 1. The van der Waals surface area contributed by atoms with Crippen LogP contribution >= 0.6 is 11.6 Å². The summed E-state index contributed by atoms with van der Waals surface area (Å²) in [4.78, 5) is 58.6. The number of rotatable bonds is 11. The van der Waals surface area contributed by atoms with Gasteiger partial charge < -0.3 is 37.9 Å². The molecule has 1 aromatic carbocycles. The van der Waals surface area contributed by atoms with Gasteiger partial charge >= 0.3 is 23.9 Å². The molecule has 0 saturated carbocycles. The van der Waals surface area contributed by atoms with Crippen molar-refractivity contribution < 1.29 is 61.9 Å². The lowest BCUT2D eigenvalue weighted by molar-refractivity contribution is -0.288. The second kappa shape index (κ2) is 14.4. The summed E-state index contributed by atoms with van der Waals surface area (Å²) in [5, 5.41) is -0.703. The third kappa shape index (κ3) is 9.14. The molecule has 14 heteroatoms. The van der Waals surface area contributed by atoms with Crippen LogP contribution in [0.25, 0.3) is 6.08 Å². The summed E-state index contributed by atoms with van der Waals surface area (Å²) in [6.45, 7) is 4.05. The fourth-order valence-electron chi connectivity index (χ4n) is 3.67. The number of esters is 4. The summed E-state index contributed by atoms with van der Waals surface area (Å²) in [5.41, 5.74) is 0.464. The Kier molecular flexibility index (Phi) is 11.5. The molecule has 1 heterocycles. The van der Waals surface area contributed by atoms with Gasteiger partial charge in [-0.25, -0.2) is 0 Å². The standard InChI is InChI=1S/C25H29ClO13/c1-12(27)34-11-19-22(35-13(2)28)23(36-14(3)29)24(37-15(4)30)25(38-19)39-21-17(32-5)9-16(7-8-20(26)31)10-18(21)33-6/h7-10,19,22-25H,11H2,1-6H3/t19-,22-,23+,24+,25-/m1/s1. The van der Waals surface area contributed by atoms with E-state index in [0.717, 1.165) is 33.8 Å². The summed E-state index contributed by atoms with van der Waals surface area (Å²) < 4.78 is 44.0. The van der Waals surface area contributed by atoms with Crippen LogP contribution < -0.4 is 14.2 Å². The molecule has 0 bridgehead atoms. The first-order chi connectivity index (χ1) is 18.4. The van der Waals surface area contributed by atoms with Crippen LogP contribution in [0.5, 0.6) is 17.2 Å². The van der Waals surface area contributed by atoms with Gasteiger partial charge in [-0.15, -0.1) is 0 Å². The molecule has 1 saturated heterocycles. The van der Waals surface area contributed by atoms with Crippen LogP contribution in [0, 0.1) is 0 Å². The number of methoxy groups -OCH3 is 2. The summed E-state index contributed by atoms with van der Waals surface area (Å²) in [5.74, 6) is -2.80. The van der Waals surface area contributed by atoms with Gasteiger partial charge in [-0.2, -0.15) is 0 Å². The maximum atomic E-state index is 12.0. The molecule has 39 heavy (non-hydrogen) atoms. The maximum absolute atomic E-state index is 12.0. The van der Waals surface area contributed by atoms with E-state index in [1.165, 1.54) is 32.4 Å². The van der Waals surface area contributed by atoms with Crippen molar-refractivity contribution in [3.05, 3.63) is 23.8 Å². The second-order valence-corrected chi connectivity index (χ2v) is 8.45. The summed E-state index contributed by atoms with van der Waals surface area (Å²) >= 11 is 5.38. The maximum Gasteiger partial charge on any atom is 0.303 e. The van der Waals surface area contributed by atoms with Crippen LogP contribution in [0.2, 0.25) is 0 Å². The molecule has 0 spiro atoms. The number of carbonyl (C=O) groups excluding carboxylic acids is 5. The van der Waals surface area contributed by atoms with E-state index in [1.54, 1.807) is 0 Å². The molecular formula is C25H29ClO13. The molecule has 0 aliphatic carbocycles. The zero-order chi connectivity index (χ0) is 29.3. The molecule has 0 amide bonds. The number of hydrogen-bond acceptors (Lipinski definition) is 13. The summed E-state index contributed by atoms with van der Waals surface area (Å²) in [6, 6.07) is 3.00. The fourth-order valence-corrected chi connectivity index (χ4v) is 3.74. The first kappa shape index (κ1) is 31.4. The Morgan fingerprint density at radius 1 is 0.821 bits per heavy atom. The van der Waals surface area contributed by atoms with Gasteiger partial charge in [-0.05, 0) is 41.4 Å². The normalized spacial score (nSPS) is 22.4. The molecule has 214 valence electrons. The van der Waals surface area contributed by atoms with Crippen molar-refractivity contribution in [3.63, 3.8) is 0 Å². The Hall–Kier alpha value is -3.84. The van der Waals surface area contributed by atoms with Crippen LogP contribution in [0.15, 0.2) is 18.2 Å². The highest BCUT2D eigenvalue weighted by atomic mass is 35.5. The van der Waals surface area contributed by atoms with Crippen molar-refractivity contribution in [1.82, 2.24) is 0 Å². The summed E-state index contributed by atoms with van der Waals surface area (Å²) in [6.07, 6.45) is -4.43. The lowest BCUT2D eigenvalue weighted by Crippen LogP contribution is -2.63. The van der Waals surface area contributed by atoms with Crippen molar-refractivity contribution in [3.8, 4) is 17.2 Å². The molecular weight excluding hydrogens is 544 g/mol. The average Bonchev–Trinajstić information content (AvgIpc) is 2.84. The average molecular weight is 573 g/mol. The molecule has 1 fully saturated rings. The predicted molar refractivity (Wildman–Crippen MR) is 132 cm³/mol. The fraction of sp³-hybridized carbons (Fsp3) is 0.480. The van der Waals surface area contributed by atoms with E-state index in [1.807, 2.05) is 0 Å². The lowest BCUT2D eigenvalue weighted by atomic mass is 9.98. The Labute approximate surface area is 229 Å². The third-order valence-electron chi connectivity index (χ3n) is 5.07. The van der Waals surface area contributed by atoms with Crippen molar-refractivity contribution >= 4 is 46.8 Å². The Bertz CT molecular complexity index is 1090. The van der Waals surface area contributed by atoms with Crippen LogP contribution in [0.4, 0.5) is 0 Å². The predicted octanol–water partition coefficient (Wildman–Crippen LogP) is 1.94. The van der Waals surface area contributed by atoms with Gasteiger partial charge in [0.15, 0.2) is 23.7 Å². The van der Waals surface area contributed by atoms with Crippen molar-refractivity contribution in [2.24, 2.45) is 0 Å². The molecule has 0 radical (unpaired) electrons. The second-order valence-electron chi connectivity index (χ2n) is 8.08. The van der Waals surface area contributed by atoms with Gasteiger partial charge in [0.05, 0.1) is 14.2 Å². The molecule has 1 aromatic rings. The van der Waals surface area contributed by atoms with Gasteiger partial charge in [-0.3, -0.25) is 24.0 Å². The van der Waals surface area contributed by atoms with Crippen molar-refractivity contribution in [2.75, 3.05) is 20.8 Å². The summed E-state index contributed by atoms with van der Waals surface area (Å²) in [7, 11) is 2.68. The van der Waals surface area contributed by atoms with Gasteiger partial charge in [0.2, 0.25) is 23.4 Å². The molecule has 0 N–H and O–H groups in total. The number of ether oxygens (including phenoxy) is 8. The monoisotopic (exact) mass is 572 g/mol. The van der Waals surface area contributed by atoms with E-state index in [9.17, 15) is 24.0 Å². The van der Waals surface area contributed by atoms with Gasteiger partial charge in [0.1, 0.15) is 12.7 Å². The minimum atomic E-state index is -1.51. The van der Waals surface area contributed by atoms with Gasteiger partial charge in [0.25, 0.3) is 0 Å². The van der Waals surface area contributed by atoms with E-state index in [4.69, 9.17) is 49.5 Å². The minimum Gasteiger partial charge on any atom is -0.493 e. The smallest absolute Gasteiger partial charge is 0.303 e. The number of hydrogen-bond donors (Lipinski definition) is 0. The number of carbonyl (C=O) groups is 5. The molecule has 13 nitrogen and oxygen atoms in total.